The number of benzene rings is 1. The molecule has 5 heteroatoms. The molecule has 1 aromatic rings. The SMILES string of the molecule is CN=C(NCc1ccc(N(C)C)cc1C)N1CCC(N2CCCC2)C1. The van der Waals surface area contributed by atoms with E-state index in [1.165, 1.54) is 49.2 Å². The van der Waals surface area contributed by atoms with Crippen LogP contribution >= 0.6 is 0 Å². The molecule has 0 amide bonds. The van der Waals surface area contributed by atoms with Crippen molar-refractivity contribution in [2.24, 2.45) is 4.99 Å². The number of aryl methyl sites for hydroxylation is 1. The van der Waals surface area contributed by atoms with Gasteiger partial charge in [0, 0.05) is 52.5 Å². The average molecular weight is 344 g/mol. The van der Waals surface area contributed by atoms with Gasteiger partial charge in [-0.15, -0.1) is 0 Å². The lowest BCUT2D eigenvalue weighted by Crippen LogP contribution is -2.42. The van der Waals surface area contributed by atoms with Crippen molar-refractivity contribution >= 4 is 11.6 Å². The summed E-state index contributed by atoms with van der Waals surface area (Å²) in [5.74, 6) is 1.04. The number of guanidine groups is 1. The number of nitrogens with one attached hydrogen (secondary N) is 1. The molecular weight excluding hydrogens is 310 g/mol. The molecule has 2 saturated heterocycles. The van der Waals surface area contributed by atoms with Gasteiger partial charge in [0.2, 0.25) is 0 Å². The zero-order valence-corrected chi connectivity index (χ0v) is 16.3. The number of nitrogens with zero attached hydrogens (tertiary/aromatic N) is 4. The molecule has 0 aromatic heterocycles. The molecule has 138 valence electrons. The predicted octanol–water partition coefficient (Wildman–Crippen LogP) is 2.31. The van der Waals surface area contributed by atoms with Crippen LogP contribution in [0.4, 0.5) is 5.69 Å². The van der Waals surface area contributed by atoms with Gasteiger partial charge in [0.1, 0.15) is 0 Å². The molecule has 0 bridgehead atoms. The van der Waals surface area contributed by atoms with Crippen LogP contribution in [0.25, 0.3) is 0 Å². The summed E-state index contributed by atoms with van der Waals surface area (Å²) in [6.45, 7) is 7.80. The minimum atomic E-state index is 0.710. The summed E-state index contributed by atoms with van der Waals surface area (Å²) in [5.41, 5.74) is 3.91. The van der Waals surface area contributed by atoms with Crippen LogP contribution in [0, 0.1) is 6.92 Å². The van der Waals surface area contributed by atoms with Gasteiger partial charge >= 0.3 is 0 Å². The Labute approximate surface area is 152 Å². The predicted molar refractivity (Wildman–Crippen MR) is 106 cm³/mol. The first kappa shape index (κ1) is 18.1. The lowest BCUT2D eigenvalue weighted by Gasteiger charge is -2.25. The van der Waals surface area contributed by atoms with E-state index in [-0.39, 0.29) is 0 Å². The molecule has 2 heterocycles. The van der Waals surface area contributed by atoms with E-state index < -0.39 is 0 Å². The van der Waals surface area contributed by atoms with Crippen LogP contribution in [0.15, 0.2) is 23.2 Å². The third-order valence-corrected chi connectivity index (χ3v) is 5.61. The van der Waals surface area contributed by atoms with Crippen molar-refractivity contribution in [3.8, 4) is 0 Å². The highest BCUT2D eigenvalue weighted by molar-refractivity contribution is 5.80. The Morgan fingerprint density at radius 3 is 2.64 bits per heavy atom. The summed E-state index contributed by atoms with van der Waals surface area (Å²) < 4.78 is 0. The second-order valence-electron chi connectivity index (χ2n) is 7.54. The van der Waals surface area contributed by atoms with E-state index in [0.29, 0.717) is 6.04 Å². The van der Waals surface area contributed by atoms with E-state index in [1.807, 2.05) is 7.05 Å². The highest BCUT2D eigenvalue weighted by Gasteiger charge is 2.30. The first-order valence-corrected chi connectivity index (χ1v) is 9.55. The first-order valence-electron chi connectivity index (χ1n) is 9.55. The minimum Gasteiger partial charge on any atom is -0.378 e. The second kappa shape index (κ2) is 8.09. The van der Waals surface area contributed by atoms with Gasteiger partial charge in [-0.2, -0.15) is 0 Å². The van der Waals surface area contributed by atoms with Gasteiger partial charge < -0.3 is 15.1 Å². The van der Waals surface area contributed by atoms with Gasteiger partial charge in [0.15, 0.2) is 5.96 Å². The highest BCUT2D eigenvalue weighted by atomic mass is 15.3. The molecule has 2 aliphatic heterocycles. The molecule has 0 spiro atoms. The molecule has 1 aromatic carbocycles. The Morgan fingerprint density at radius 2 is 2.00 bits per heavy atom. The molecule has 25 heavy (non-hydrogen) atoms. The Morgan fingerprint density at radius 1 is 1.24 bits per heavy atom. The second-order valence-corrected chi connectivity index (χ2v) is 7.54. The number of aliphatic imine (C=N–C) groups is 1. The minimum absolute atomic E-state index is 0.710. The van der Waals surface area contributed by atoms with Crippen LogP contribution in [0.2, 0.25) is 0 Å². The molecule has 0 radical (unpaired) electrons. The summed E-state index contributed by atoms with van der Waals surface area (Å²) in [5, 5.41) is 3.57. The Balaban J connectivity index is 1.56. The lowest BCUT2D eigenvalue weighted by atomic mass is 10.1. The standard InChI is InChI=1S/C20H33N5/c1-16-13-18(23(3)4)8-7-17(16)14-22-20(21-2)25-12-9-19(15-25)24-10-5-6-11-24/h7-8,13,19H,5-6,9-12,14-15H2,1-4H3,(H,21,22). The Kier molecular flexibility index (Phi) is 5.84. The Hall–Kier alpha value is -1.75. The number of hydrogen-bond acceptors (Lipinski definition) is 3. The fourth-order valence-electron chi connectivity index (χ4n) is 4.00. The maximum Gasteiger partial charge on any atom is 0.193 e. The summed E-state index contributed by atoms with van der Waals surface area (Å²) in [4.78, 5) is 11.8. The van der Waals surface area contributed by atoms with Gasteiger partial charge in [-0.25, -0.2) is 0 Å². The van der Waals surface area contributed by atoms with Gasteiger partial charge in [0.25, 0.3) is 0 Å². The topological polar surface area (TPSA) is 34.1 Å². The average Bonchev–Trinajstić information content (AvgIpc) is 3.27. The van der Waals surface area contributed by atoms with Crippen molar-refractivity contribution in [3.63, 3.8) is 0 Å². The Bertz CT molecular complexity index is 604. The van der Waals surface area contributed by atoms with Crippen LogP contribution in [0.1, 0.15) is 30.4 Å². The molecule has 2 fully saturated rings. The molecule has 0 saturated carbocycles. The number of hydrogen-bond donors (Lipinski definition) is 1. The molecule has 0 aliphatic carbocycles. The molecule has 2 aliphatic rings. The largest absolute Gasteiger partial charge is 0.378 e. The third kappa shape index (κ3) is 4.27. The molecule has 1 unspecified atom stereocenters. The van der Waals surface area contributed by atoms with E-state index in [4.69, 9.17) is 0 Å². The third-order valence-electron chi connectivity index (χ3n) is 5.61. The number of rotatable bonds is 4. The van der Waals surface area contributed by atoms with E-state index in [0.717, 1.165) is 25.6 Å². The maximum absolute atomic E-state index is 4.53. The lowest BCUT2D eigenvalue weighted by molar-refractivity contribution is 0.249. The van der Waals surface area contributed by atoms with E-state index in [2.05, 4.69) is 64.2 Å². The van der Waals surface area contributed by atoms with E-state index in [9.17, 15) is 0 Å². The maximum atomic E-state index is 4.53. The van der Waals surface area contributed by atoms with Crippen LogP contribution < -0.4 is 10.2 Å². The van der Waals surface area contributed by atoms with E-state index in [1.54, 1.807) is 0 Å². The van der Waals surface area contributed by atoms with Gasteiger partial charge in [0.05, 0.1) is 0 Å². The van der Waals surface area contributed by atoms with Crippen LogP contribution in [0.3, 0.4) is 0 Å². The van der Waals surface area contributed by atoms with Crippen LogP contribution in [0.5, 0.6) is 0 Å². The van der Waals surface area contributed by atoms with Crippen molar-refractivity contribution in [2.75, 3.05) is 52.2 Å². The summed E-state index contributed by atoms with van der Waals surface area (Å²) in [6.07, 6.45) is 3.99. The summed E-state index contributed by atoms with van der Waals surface area (Å²) in [6, 6.07) is 7.37. The van der Waals surface area contributed by atoms with Crippen molar-refractivity contribution < 1.29 is 0 Å². The zero-order valence-electron chi connectivity index (χ0n) is 16.3. The fourth-order valence-corrected chi connectivity index (χ4v) is 4.00. The van der Waals surface area contributed by atoms with Crippen LogP contribution in [-0.4, -0.2) is 69.1 Å². The van der Waals surface area contributed by atoms with Crippen molar-refractivity contribution in [1.29, 1.82) is 0 Å². The van der Waals surface area contributed by atoms with Gasteiger partial charge in [-0.3, -0.25) is 9.89 Å². The summed E-state index contributed by atoms with van der Waals surface area (Å²) >= 11 is 0. The molecule has 3 rings (SSSR count). The smallest absolute Gasteiger partial charge is 0.193 e. The number of anilines is 1. The first-order chi connectivity index (χ1) is 12.1. The van der Waals surface area contributed by atoms with Gasteiger partial charge in [-0.1, -0.05) is 6.07 Å². The highest BCUT2D eigenvalue weighted by Crippen LogP contribution is 2.21. The number of likely N-dealkylation sites (tertiary alicyclic amines) is 2. The molecular formula is C20H33N5. The zero-order chi connectivity index (χ0) is 17.8. The fraction of sp³-hybridized carbons (Fsp3) is 0.650. The molecule has 5 nitrogen and oxygen atoms in total. The van der Waals surface area contributed by atoms with Crippen molar-refractivity contribution in [1.82, 2.24) is 15.1 Å². The van der Waals surface area contributed by atoms with Crippen molar-refractivity contribution in [3.05, 3.63) is 29.3 Å². The van der Waals surface area contributed by atoms with Gasteiger partial charge in [-0.05, 0) is 62.5 Å². The monoisotopic (exact) mass is 343 g/mol. The molecule has 1 N–H and O–H groups in total. The van der Waals surface area contributed by atoms with Crippen LogP contribution in [-0.2, 0) is 6.54 Å². The van der Waals surface area contributed by atoms with E-state index >= 15 is 0 Å². The summed E-state index contributed by atoms with van der Waals surface area (Å²) in [7, 11) is 6.06. The van der Waals surface area contributed by atoms with Crippen molar-refractivity contribution in [2.45, 2.75) is 38.8 Å². The molecule has 1 atom stereocenters. The normalized spacial score (nSPS) is 21.8. The quantitative estimate of drug-likeness (QED) is 0.672.